The van der Waals surface area contributed by atoms with E-state index in [4.69, 9.17) is 9.40 Å². The van der Waals surface area contributed by atoms with Gasteiger partial charge in [-0.2, -0.15) is 0 Å². The van der Waals surface area contributed by atoms with Crippen LogP contribution in [0.4, 0.5) is 0 Å². The zero-order valence-corrected chi connectivity index (χ0v) is 12.6. The molecule has 3 heterocycles. The molecular formula is C19H16N2O. The van der Waals surface area contributed by atoms with Gasteiger partial charge in [0, 0.05) is 23.5 Å². The van der Waals surface area contributed by atoms with Gasteiger partial charge in [0.2, 0.25) is 0 Å². The number of pyridine rings is 1. The Labute approximate surface area is 128 Å². The zero-order chi connectivity index (χ0) is 15.1. The maximum Gasteiger partial charge on any atom is 0.137 e. The van der Waals surface area contributed by atoms with Gasteiger partial charge >= 0.3 is 0 Å². The van der Waals surface area contributed by atoms with Crippen LogP contribution in [0.2, 0.25) is 0 Å². The van der Waals surface area contributed by atoms with Crippen molar-refractivity contribution in [1.82, 2.24) is 9.38 Å². The molecule has 0 N–H and O–H groups in total. The summed E-state index contributed by atoms with van der Waals surface area (Å²) in [6.45, 7) is 4.17. The summed E-state index contributed by atoms with van der Waals surface area (Å²) in [6.07, 6.45) is 5.81. The van der Waals surface area contributed by atoms with Gasteiger partial charge in [-0.05, 0) is 55.3 Å². The van der Waals surface area contributed by atoms with Gasteiger partial charge in [0.05, 0.1) is 12.0 Å². The molecule has 0 atom stereocenters. The van der Waals surface area contributed by atoms with E-state index in [0.717, 1.165) is 28.2 Å². The molecule has 0 fully saturated rings. The largest absolute Gasteiger partial charge is 0.464 e. The van der Waals surface area contributed by atoms with E-state index in [2.05, 4.69) is 54.8 Å². The number of aromatic nitrogens is 2. The Kier molecular flexibility index (Phi) is 2.86. The van der Waals surface area contributed by atoms with Crippen LogP contribution in [-0.2, 0) is 0 Å². The van der Waals surface area contributed by atoms with Crippen LogP contribution in [0, 0.1) is 13.8 Å². The lowest BCUT2D eigenvalue weighted by Gasteiger charge is -2.05. The number of rotatable bonds is 2. The van der Waals surface area contributed by atoms with Crippen molar-refractivity contribution in [3.8, 4) is 22.6 Å². The molecule has 1 aromatic carbocycles. The Morgan fingerprint density at radius 3 is 2.77 bits per heavy atom. The molecule has 0 radical (unpaired) electrons. The molecule has 0 spiro atoms. The number of aryl methyl sites for hydroxylation is 2. The van der Waals surface area contributed by atoms with Crippen molar-refractivity contribution in [1.29, 1.82) is 0 Å². The summed E-state index contributed by atoms with van der Waals surface area (Å²) in [6, 6.07) is 14.4. The van der Waals surface area contributed by atoms with Crippen molar-refractivity contribution < 1.29 is 4.42 Å². The van der Waals surface area contributed by atoms with Gasteiger partial charge < -0.3 is 8.82 Å². The van der Waals surface area contributed by atoms with E-state index < -0.39 is 0 Å². The van der Waals surface area contributed by atoms with Gasteiger partial charge in [0.25, 0.3) is 0 Å². The smallest absolute Gasteiger partial charge is 0.137 e. The normalized spacial score (nSPS) is 11.2. The number of nitrogens with zero attached hydrogens (tertiary/aromatic N) is 2. The molecule has 0 aliphatic heterocycles. The fraction of sp³-hybridized carbons (Fsp3) is 0.105. The highest BCUT2D eigenvalue weighted by Gasteiger charge is 2.09. The summed E-state index contributed by atoms with van der Waals surface area (Å²) < 4.78 is 7.59. The summed E-state index contributed by atoms with van der Waals surface area (Å²) in [5, 5.41) is 0. The summed E-state index contributed by atoms with van der Waals surface area (Å²) >= 11 is 0. The molecule has 4 rings (SSSR count). The van der Waals surface area contributed by atoms with E-state index >= 15 is 0 Å². The molecular weight excluding hydrogens is 272 g/mol. The summed E-state index contributed by atoms with van der Waals surface area (Å²) in [7, 11) is 0. The molecule has 0 bridgehead atoms. The van der Waals surface area contributed by atoms with Crippen molar-refractivity contribution in [2.24, 2.45) is 0 Å². The first-order valence-corrected chi connectivity index (χ1v) is 7.31. The predicted octanol–water partition coefficient (Wildman–Crippen LogP) is 4.88. The topological polar surface area (TPSA) is 30.4 Å². The zero-order valence-electron chi connectivity index (χ0n) is 12.6. The third kappa shape index (κ3) is 2.11. The monoisotopic (exact) mass is 288 g/mol. The predicted molar refractivity (Wildman–Crippen MR) is 87.8 cm³/mol. The Morgan fingerprint density at radius 2 is 1.95 bits per heavy atom. The molecule has 0 unspecified atom stereocenters. The Morgan fingerprint density at radius 1 is 1.05 bits per heavy atom. The molecule has 0 aliphatic carbocycles. The first-order valence-electron chi connectivity index (χ1n) is 7.31. The maximum atomic E-state index is 5.54. The van der Waals surface area contributed by atoms with Crippen LogP contribution in [0.3, 0.4) is 0 Å². The van der Waals surface area contributed by atoms with E-state index in [0.29, 0.717) is 0 Å². The number of fused-ring (bicyclic) bond motifs is 1. The third-order valence-electron chi connectivity index (χ3n) is 3.94. The van der Waals surface area contributed by atoms with Crippen molar-refractivity contribution in [3.05, 3.63) is 72.2 Å². The van der Waals surface area contributed by atoms with Crippen molar-refractivity contribution in [2.45, 2.75) is 13.8 Å². The van der Waals surface area contributed by atoms with Gasteiger partial charge in [-0.25, -0.2) is 4.98 Å². The molecule has 3 heteroatoms. The highest BCUT2D eigenvalue weighted by Crippen LogP contribution is 2.29. The van der Waals surface area contributed by atoms with Crippen LogP contribution in [-0.4, -0.2) is 9.38 Å². The Bertz CT molecular complexity index is 949. The van der Waals surface area contributed by atoms with Gasteiger partial charge in [-0.3, -0.25) is 0 Å². The molecule has 3 aromatic heterocycles. The fourth-order valence-corrected chi connectivity index (χ4v) is 2.70. The van der Waals surface area contributed by atoms with Crippen LogP contribution in [0.15, 0.2) is 65.5 Å². The Hall–Kier alpha value is -2.81. The van der Waals surface area contributed by atoms with E-state index in [1.54, 1.807) is 6.26 Å². The van der Waals surface area contributed by atoms with Crippen LogP contribution < -0.4 is 0 Å². The lowest BCUT2D eigenvalue weighted by atomic mass is 10.0. The highest BCUT2D eigenvalue weighted by molar-refractivity contribution is 5.72. The number of hydrogen-bond donors (Lipinski definition) is 0. The second-order valence-corrected chi connectivity index (χ2v) is 5.60. The summed E-state index contributed by atoms with van der Waals surface area (Å²) in [4.78, 5) is 4.73. The average molecular weight is 288 g/mol. The van der Waals surface area contributed by atoms with Gasteiger partial charge in [0.1, 0.15) is 11.4 Å². The average Bonchev–Trinajstić information content (AvgIpc) is 3.16. The van der Waals surface area contributed by atoms with Crippen molar-refractivity contribution in [3.63, 3.8) is 0 Å². The summed E-state index contributed by atoms with van der Waals surface area (Å²) in [5.74, 6) is 0.888. The molecule has 3 nitrogen and oxygen atoms in total. The van der Waals surface area contributed by atoms with Gasteiger partial charge in [-0.1, -0.05) is 12.1 Å². The van der Waals surface area contributed by atoms with Crippen LogP contribution in [0.5, 0.6) is 0 Å². The van der Waals surface area contributed by atoms with Crippen LogP contribution in [0.1, 0.15) is 11.1 Å². The second-order valence-electron chi connectivity index (χ2n) is 5.60. The Balaban J connectivity index is 1.86. The van der Waals surface area contributed by atoms with E-state index in [-0.39, 0.29) is 0 Å². The second kappa shape index (κ2) is 4.88. The van der Waals surface area contributed by atoms with Crippen molar-refractivity contribution in [2.75, 3.05) is 0 Å². The van der Waals surface area contributed by atoms with Gasteiger partial charge in [-0.15, -0.1) is 0 Å². The number of imidazole rings is 1. The quantitative estimate of drug-likeness (QED) is 0.526. The van der Waals surface area contributed by atoms with Gasteiger partial charge in [0.15, 0.2) is 0 Å². The SMILES string of the molecule is Cc1ccn2cc(-c3ccc(C)c(-c4ccco4)c3)nc2c1. The first-order chi connectivity index (χ1) is 10.7. The molecule has 108 valence electrons. The number of hydrogen-bond acceptors (Lipinski definition) is 2. The fourth-order valence-electron chi connectivity index (χ4n) is 2.70. The first kappa shape index (κ1) is 12.9. The highest BCUT2D eigenvalue weighted by atomic mass is 16.3. The molecule has 0 saturated carbocycles. The standard InChI is InChI=1S/C19H16N2O/c1-13-7-8-21-12-17(20-19(21)10-13)15-6-5-14(2)16(11-15)18-4-3-9-22-18/h3-12H,1-2H3. The molecule has 0 amide bonds. The lowest BCUT2D eigenvalue weighted by Crippen LogP contribution is -1.84. The molecule has 0 aliphatic rings. The molecule has 4 aromatic rings. The van der Waals surface area contributed by atoms with Crippen molar-refractivity contribution >= 4 is 5.65 Å². The minimum absolute atomic E-state index is 0.888. The number of furan rings is 1. The van der Waals surface area contributed by atoms with E-state index in [1.165, 1.54) is 11.1 Å². The number of benzene rings is 1. The lowest BCUT2D eigenvalue weighted by molar-refractivity contribution is 0.582. The van der Waals surface area contributed by atoms with E-state index in [9.17, 15) is 0 Å². The molecule has 22 heavy (non-hydrogen) atoms. The van der Waals surface area contributed by atoms with E-state index in [1.807, 2.05) is 18.3 Å². The van der Waals surface area contributed by atoms with Crippen LogP contribution >= 0.6 is 0 Å². The minimum Gasteiger partial charge on any atom is -0.464 e. The third-order valence-corrected chi connectivity index (χ3v) is 3.94. The minimum atomic E-state index is 0.888. The van der Waals surface area contributed by atoms with Crippen LogP contribution in [0.25, 0.3) is 28.2 Å². The maximum absolute atomic E-state index is 5.54. The summed E-state index contributed by atoms with van der Waals surface area (Å²) in [5.41, 5.74) is 6.55. The molecule has 0 saturated heterocycles.